The monoisotopic (exact) mass is 206 g/mol. The van der Waals surface area contributed by atoms with E-state index in [0.29, 0.717) is 0 Å². The molecule has 0 amide bonds. The number of hydrogen-bond donors (Lipinski definition) is 0. The predicted octanol–water partition coefficient (Wildman–Crippen LogP) is 3.23. The van der Waals surface area contributed by atoms with E-state index in [9.17, 15) is 9.18 Å². The lowest BCUT2D eigenvalue weighted by molar-refractivity contribution is -0.113. The Morgan fingerprint density at radius 2 is 1.93 bits per heavy atom. The third-order valence-corrected chi connectivity index (χ3v) is 3.37. The minimum atomic E-state index is -0.416. The van der Waals surface area contributed by atoms with Crippen LogP contribution in [-0.2, 0) is 10.2 Å². The highest BCUT2D eigenvalue weighted by atomic mass is 19.1. The van der Waals surface area contributed by atoms with Crippen LogP contribution in [-0.4, -0.2) is 6.29 Å². The second kappa shape index (κ2) is 4.13. The van der Waals surface area contributed by atoms with Crippen LogP contribution in [0.4, 0.5) is 4.39 Å². The van der Waals surface area contributed by atoms with Gasteiger partial charge in [-0.15, -0.1) is 0 Å². The molecule has 0 radical (unpaired) electrons. The Kier molecular flexibility index (Phi) is 2.85. The maximum absolute atomic E-state index is 13.1. The van der Waals surface area contributed by atoms with Crippen LogP contribution in [0.15, 0.2) is 24.3 Å². The van der Waals surface area contributed by atoms with Crippen molar-refractivity contribution in [2.45, 2.75) is 37.5 Å². The number of rotatable bonds is 2. The van der Waals surface area contributed by atoms with E-state index in [0.717, 1.165) is 37.5 Å². The first-order valence-electron chi connectivity index (χ1n) is 5.49. The van der Waals surface area contributed by atoms with Crippen molar-refractivity contribution < 1.29 is 9.18 Å². The maximum Gasteiger partial charge on any atom is 0.130 e. The lowest BCUT2D eigenvalue weighted by Gasteiger charge is -2.32. The summed E-state index contributed by atoms with van der Waals surface area (Å²) in [5.41, 5.74) is 0.428. The van der Waals surface area contributed by atoms with Crippen LogP contribution in [0.5, 0.6) is 0 Å². The minimum absolute atomic E-state index is 0.251. The summed E-state index contributed by atoms with van der Waals surface area (Å²) >= 11 is 0. The summed E-state index contributed by atoms with van der Waals surface area (Å²) in [4.78, 5) is 11.3. The number of hydrogen-bond acceptors (Lipinski definition) is 1. The van der Waals surface area contributed by atoms with Gasteiger partial charge in [0.25, 0.3) is 0 Å². The van der Waals surface area contributed by atoms with E-state index in [4.69, 9.17) is 0 Å². The highest BCUT2D eigenvalue weighted by Gasteiger charge is 2.33. The van der Waals surface area contributed by atoms with Crippen molar-refractivity contribution in [3.05, 3.63) is 35.6 Å². The van der Waals surface area contributed by atoms with Gasteiger partial charge in [0.1, 0.15) is 12.1 Å². The predicted molar refractivity (Wildman–Crippen MR) is 57.2 cm³/mol. The second-order valence-electron chi connectivity index (χ2n) is 4.34. The lowest BCUT2D eigenvalue weighted by Crippen LogP contribution is -2.30. The molecule has 0 aliphatic heterocycles. The van der Waals surface area contributed by atoms with Crippen molar-refractivity contribution in [1.29, 1.82) is 0 Å². The molecular formula is C13H15FO. The SMILES string of the molecule is O=CC1(c2cccc(F)c2)CCCCC1. The Morgan fingerprint density at radius 1 is 1.20 bits per heavy atom. The maximum atomic E-state index is 13.1. The molecule has 1 aromatic carbocycles. The molecule has 0 atom stereocenters. The third-order valence-electron chi connectivity index (χ3n) is 3.37. The van der Waals surface area contributed by atoms with Crippen molar-refractivity contribution in [2.24, 2.45) is 0 Å². The third kappa shape index (κ3) is 1.94. The van der Waals surface area contributed by atoms with E-state index in [2.05, 4.69) is 0 Å². The fraction of sp³-hybridized carbons (Fsp3) is 0.462. The first-order valence-corrected chi connectivity index (χ1v) is 5.49. The van der Waals surface area contributed by atoms with Gasteiger partial charge in [-0.1, -0.05) is 31.4 Å². The highest BCUT2D eigenvalue weighted by Crippen LogP contribution is 2.37. The fourth-order valence-corrected chi connectivity index (χ4v) is 2.46. The summed E-state index contributed by atoms with van der Waals surface area (Å²) in [6.07, 6.45) is 6.05. The normalized spacial score (nSPS) is 19.8. The zero-order chi connectivity index (χ0) is 10.7. The van der Waals surface area contributed by atoms with Crippen molar-refractivity contribution in [3.63, 3.8) is 0 Å². The molecule has 1 fully saturated rings. The van der Waals surface area contributed by atoms with Gasteiger partial charge in [-0.05, 0) is 30.5 Å². The van der Waals surface area contributed by atoms with Gasteiger partial charge in [0.05, 0.1) is 5.41 Å². The van der Waals surface area contributed by atoms with Crippen LogP contribution in [0.3, 0.4) is 0 Å². The first kappa shape index (κ1) is 10.3. The Hall–Kier alpha value is -1.18. The van der Waals surface area contributed by atoms with Crippen LogP contribution in [0, 0.1) is 5.82 Å². The fourth-order valence-electron chi connectivity index (χ4n) is 2.46. The molecule has 0 bridgehead atoms. The minimum Gasteiger partial charge on any atom is -0.302 e. The molecule has 2 heteroatoms. The second-order valence-corrected chi connectivity index (χ2v) is 4.34. The number of carbonyl (C=O) groups excluding carboxylic acids is 1. The van der Waals surface area contributed by atoms with Crippen molar-refractivity contribution in [3.8, 4) is 0 Å². The molecule has 1 nitrogen and oxygen atoms in total. The molecule has 0 spiro atoms. The summed E-state index contributed by atoms with van der Waals surface area (Å²) in [5, 5.41) is 0. The van der Waals surface area contributed by atoms with Crippen LogP contribution in [0.25, 0.3) is 0 Å². The molecule has 0 saturated heterocycles. The standard InChI is InChI=1S/C13H15FO/c14-12-6-4-5-11(9-12)13(10-15)7-2-1-3-8-13/h4-6,9-10H,1-3,7-8H2. The van der Waals surface area contributed by atoms with Gasteiger partial charge >= 0.3 is 0 Å². The molecule has 0 unspecified atom stereocenters. The Labute approximate surface area is 89.3 Å². The summed E-state index contributed by atoms with van der Waals surface area (Å²) in [6.45, 7) is 0. The van der Waals surface area contributed by atoms with E-state index in [-0.39, 0.29) is 5.82 Å². The molecular weight excluding hydrogens is 191 g/mol. The van der Waals surface area contributed by atoms with E-state index in [1.54, 1.807) is 6.07 Å². The van der Waals surface area contributed by atoms with Crippen LogP contribution in [0.1, 0.15) is 37.7 Å². The van der Waals surface area contributed by atoms with Gasteiger partial charge < -0.3 is 4.79 Å². The highest BCUT2D eigenvalue weighted by molar-refractivity contribution is 5.68. The zero-order valence-corrected chi connectivity index (χ0v) is 8.71. The molecule has 1 aromatic rings. The molecule has 1 aliphatic rings. The quantitative estimate of drug-likeness (QED) is 0.679. The molecule has 0 N–H and O–H groups in total. The molecule has 15 heavy (non-hydrogen) atoms. The van der Waals surface area contributed by atoms with Crippen molar-refractivity contribution in [1.82, 2.24) is 0 Å². The van der Waals surface area contributed by atoms with Gasteiger partial charge in [0, 0.05) is 0 Å². The largest absolute Gasteiger partial charge is 0.302 e. The lowest BCUT2D eigenvalue weighted by atomic mass is 9.70. The molecule has 2 rings (SSSR count). The Morgan fingerprint density at radius 3 is 2.53 bits per heavy atom. The summed E-state index contributed by atoms with van der Waals surface area (Å²) in [6, 6.07) is 6.47. The number of aldehydes is 1. The molecule has 0 heterocycles. The summed E-state index contributed by atoms with van der Waals surface area (Å²) in [7, 11) is 0. The van der Waals surface area contributed by atoms with E-state index in [1.807, 2.05) is 6.07 Å². The topological polar surface area (TPSA) is 17.1 Å². The van der Waals surface area contributed by atoms with Gasteiger partial charge in [-0.2, -0.15) is 0 Å². The zero-order valence-electron chi connectivity index (χ0n) is 8.71. The van der Waals surface area contributed by atoms with Gasteiger partial charge in [-0.25, -0.2) is 4.39 Å². The molecule has 1 saturated carbocycles. The van der Waals surface area contributed by atoms with E-state index >= 15 is 0 Å². The van der Waals surface area contributed by atoms with Crippen LogP contribution in [0.2, 0.25) is 0 Å². The Balaban J connectivity index is 2.36. The van der Waals surface area contributed by atoms with Crippen LogP contribution < -0.4 is 0 Å². The Bertz CT molecular complexity index is 353. The van der Waals surface area contributed by atoms with Crippen molar-refractivity contribution in [2.75, 3.05) is 0 Å². The van der Waals surface area contributed by atoms with E-state index in [1.165, 1.54) is 18.6 Å². The summed E-state index contributed by atoms with van der Waals surface area (Å²) in [5.74, 6) is -0.251. The summed E-state index contributed by atoms with van der Waals surface area (Å²) < 4.78 is 13.1. The molecule has 0 aromatic heterocycles. The number of halogens is 1. The molecule has 80 valence electrons. The van der Waals surface area contributed by atoms with Gasteiger partial charge in [0.15, 0.2) is 0 Å². The van der Waals surface area contributed by atoms with Gasteiger partial charge in [-0.3, -0.25) is 0 Å². The number of benzene rings is 1. The first-order chi connectivity index (χ1) is 7.27. The number of carbonyl (C=O) groups is 1. The van der Waals surface area contributed by atoms with Crippen LogP contribution >= 0.6 is 0 Å². The molecule has 1 aliphatic carbocycles. The van der Waals surface area contributed by atoms with E-state index < -0.39 is 5.41 Å². The van der Waals surface area contributed by atoms with Gasteiger partial charge in [0.2, 0.25) is 0 Å². The van der Waals surface area contributed by atoms with Crippen molar-refractivity contribution >= 4 is 6.29 Å². The smallest absolute Gasteiger partial charge is 0.130 e. The average molecular weight is 206 g/mol. The average Bonchev–Trinajstić information content (AvgIpc) is 2.30.